The van der Waals surface area contributed by atoms with Gasteiger partial charge in [-0.2, -0.15) is 0 Å². The Morgan fingerprint density at radius 1 is 1.27 bits per heavy atom. The van der Waals surface area contributed by atoms with Gasteiger partial charge >= 0.3 is 0 Å². The second-order valence-electron chi connectivity index (χ2n) is 6.08. The Labute approximate surface area is 130 Å². The minimum Gasteiger partial charge on any atom is -0.505 e. The first-order valence-electron chi connectivity index (χ1n) is 7.98. The van der Waals surface area contributed by atoms with E-state index < -0.39 is 5.82 Å². The summed E-state index contributed by atoms with van der Waals surface area (Å²) in [7, 11) is 0. The molecule has 2 aliphatic heterocycles. The molecule has 1 aromatic rings. The van der Waals surface area contributed by atoms with E-state index in [1.807, 2.05) is 0 Å². The number of rotatable bonds is 3. The van der Waals surface area contributed by atoms with Crippen LogP contribution in [0.1, 0.15) is 24.4 Å². The quantitative estimate of drug-likeness (QED) is 0.583. The molecule has 0 aliphatic carbocycles. The first kappa shape index (κ1) is 15.5. The highest BCUT2D eigenvalue weighted by atomic mass is 19.1. The van der Waals surface area contributed by atoms with Gasteiger partial charge in [0, 0.05) is 51.0 Å². The molecule has 5 nitrogen and oxygen atoms in total. The van der Waals surface area contributed by atoms with Crippen LogP contribution >= 0.6 is 0 Å². The van der Waals surface area contributed by atoms with Crippen LogP contribution in [0.2, 0.25) is 0 Å². The number of phenols is 1. The van der Waals surface area contributed by atoms with Gasteiger partial charge in [0.05, 0.1) is 0 Å². The SMILES string of the molecule is Nc1c(F)ccc([C@H](C2CCOCC2)N2CCNCC2)c1O. The van der Waals surface area contributed by atoms with E-state index in [0.717, 1.165) is 57.8 Å². The highest BCUT2D eigenvalue weighted by Crippen LogP contribution is 2.41. The van der Waals surface area contributed by atoms with Crippen LogP contribution in [0.25, 0.3) is 0 Å². The van der Waals surface area contributed by atoms with Gasteiger partial charge < -0.3 is 20.9 Å². The van der Waals surface area contributed by atoms with Crippen LogP contribution in [0.3, 0.4) is 0 Å². The summed E-state index contributed by atoms with van der Waals surface area (Å²) in [6.45, 7) is 5.17. The standard InChI is InChI=1S/C16H24FN3O2/c17-13-2-1-12(16(21)14(13)18)15(11-3-9-22-10-4-11)20-7-5-19-6-8-20/h1-2,11,15,19,21H,3-10,18H2/t15-/m0/s1. The number of benzene rings is 1. The third-order valence-corrected chi connectivity index (χ3v) is 4.77. The predicted molar refractivity (Wildman–Crippen MR) is 83.2 cm³/mol. The van der Waals surface area contributed by atoms with Gasteiger partial charge in [-0.3, -0.25) is 4.90 Å². The molecule has 3 rings (SSSR count). The molecule has 0 amide bonds. The maximum Gasteiger partial charge on any atom is 0.149 e. The molecule has 6 heteroatoms. The van der Waals surface area contributed by atoms with Gasteiger partial charge in [0.1, 0.15) is 17.3 Å². The van der Waals surface area contributed by atoms with Crippen molar-refractivity contribution >= 4 is 5.69 Å². The molecule has 0 aromatic heterocycles. The largest absolute Gasteiger partial charge is 0.505 e. The second kappa shape index (κ2) is 6.81. The summed E-state index contributed by atoms with van der Waals surface area (Å²) in [5.41, 5.74) is 6.29. The van der Waals surface area contributed by atoms with E-state index >= 15 is 0 Å². The van der Waals surface area contributed by atoms with Crippen molar-refractivity contribution in [3.05, 3.63) is 23.5 Å². The summed E-state index contributed by atoms with van der Waals surface area (Å²) >= 11 is 0. The van der Waals surface area contributed by atoms with Gasteiger partial charge in [-0.1, -0.05) is 6.07 Å². The third kappa shape index (κ3) is 3.04. The molecule has 0 saturated carbocycles. The van der Waals surface area contributed by atoms with Crippen molar-refractivity contribution in [2.24, 2.45) is 5.92 Å². The van der Waals surface area contributed by atoms with E-state index in [1.54, 1.807) is 6.07 Å². The molecule has 2 fully saturated rings. The van der Waals surface area contributed by atoms with Gasteiger partial charge in [0.25, 0.3) is 0 Å². The summed E-state index contributed by atoms with van der Waals surface area (Å²) in [5.74, 6) is -0.273. The number of halogens is 1. The van der Waals surface area contributed by atoms with E-state index in [9.17, 15) is 9.50 Å². The number of hydrogen-bond acceptors (Lipinski definition) is 5. The number of nitrogens with one attached hydrogen (secondary N) is 1. The Morgan fingerprint density at radius 2 is 1.95 bits per heavy atom. The zero-order valence-electron chi connectivity index (χ0n) is 12.7. The van der Waals surface area contributed by atoms with E-state index in [1.165, 1.54) is 6.07 Å². The highest BCUT2D eigenvalue weighted by Gasteiger charge is 2.33. The number of nitrogens with two attached hydrogens (primary N) is 1. The van der Waals surface area contributed by atoms with E-state index in [2.05, 4.69) is 10.2 Å². The number of phenolic OH excluding ortho intramolecular Hbond substituents is 1. The molecular formula is C16H24FN3O2. The van der Waals surface area contributed by atoms with Crippen LogP contribution in [0.4, 0.5) is 10.1 Å². The van der Waals surface area contributed by atoms with E-state index in [-0.39, 0.29) is 17.5 Å². The first-order chi connectivity index (χ1) is 10.7. The van der Waals surface area contributed by atoms with Crippen molar-refractivity contribution < 1.29 is 14.2 Å². The number of nitrogens with zero attached hydrogens (tertiary/aromatic N) is 1. The molecule has 4 N–H and O–H groups in total. The van der Waals surface area contributed by atoms with Crippen LogP contribution in [-0.4, -0.2) is 49.4 Å². The molecule has 2 saturated heterocycles. The predicted octanol–water partition coefficient (Wildman–Crippen LogP) is 1.49. The lowest BCUT2D eigenvalue weighted by molar-refractivity contribution is 0.0206. The topological polar surface area (TPSA) is 70.8 Å². The smallest absolute Gasteiger partial charge is 0.149 e. The summed E-state index contributed by atoms with van der Waals surface area (Å²) in [6.07, 6.45) is 1.90. The van der Waals surface area contributed by atoms with Crippen LogP contribution in [0.15, 0.2) is 12.1 Å². The summed E-state index contributed by atoms with van der Waals surface area (Å²) in [4.78, 5) is 2.37. The summed E-state index contributed by atoms with van der Waals surface area (Å²) < 4.78 is 19.0. The van der Waals surface area contributed by atoms with Crippen molar-refractivity contribution in [2.45, 2.75) is 18.9 Å². The zero-order chi connectivity index (χ0) is 15.5. The van der Waals surface area contributed by atoms with Gasteiger partial charge in [0.2, 0.25) is 0 Å². The Balaban J connectivity index is 1.94. The fraction of sp³-hybridized carbons (Fsp3) is 0.625. The van der Waals surface area contributed by atoms with Crippen molar-refractivity contribution in [3.63, 3.8) is 0 Å². The van der Waals surface area contributed by atoms with E-state index in [4.69, 9.17) is 10.5 Å². The fourth-order valence-corrected chi connectivity index (χ4v) is 3.58. The van der Waals surface area contributed by atoms with Gasteiger partial charge in [-0.15, -0.1) is 0 Å². The molecule has 1 aromatic carbocycles. The molecule has 0 radical (unpaired) electrons. The lowest BCUT2D eigenvalue weighted by Gasteiger charge is -2.41. The molecule has 1 atom stereocenters. The van der Waals surface area contributed by atoms with Gasteiger partial charge in [0.15, 0.2) is 0 Å². The summed E-state index contributed by atoms with van der Waals surface area (Å²) in [6, 6.07) is 3.11. The minimum atomic E-state index is -0.563. The van der Waals surface area contributed by atoms with Gasteiger partial charge in [-0.25, -0.2) is 4.39 Å². The number of ether oxygens (including phenoxy) is 1. The molecule has 22 heavy (non-hydrogen) atoms. The summed E-state index contributed by atoms with van der Waals surface area (Å²) in [5, 5.41) is 13.7. The van der Waals surface area contributed by atoms with E-state index in [0.29, 0.717) is 5.92 Å². The van der Waals surface area contributed by atoms with Crippen LogP contribution in [-0.2, 0) is 4.74 Å². The molecular weight excluding hydrogens is 285 g/mol. The molecule has 2 heterocycles. The zero-order valence-corrected chi connectivity index (χ0v) is 12.7. The number of hydrogen-bond donors (Lipinski definition) is 3. The number of piperazine rings is 1. The maximum absolute atomic E-state index is 13.6. The number of anilines is 1. The molecule has 0 bridgehead atoms. The van der Waals surface area contributed by atoms with Crippen molar-refractivity contribution in [3.8, 4) is 5.75 Å². The maximum atomic E-state index is 13.6. The normalized spacial score (nSPS) is 22.6. The molecule has 0 unspecified atom stereocenters. The third-order valence-electron chi connectivity index (χ3n) is 4.77. The van der Waals surface area contributed by atoms with Crippen LogP contribution in [0.5, 0.6) is 5.75 Å². The van der Waals surface area contributed by atoms with Crippen molar-refractivity contribution in [1.82, 2.24) is 10.2 Å². The Hall–Kier alpha value is -1.37. The molecule has 2 aliphatic rings. The highest BCUT2D eigenvalue weighted by molar-refractivity contribution is 5.58. The first-order valence-corrected chi connectivity index (χ1v) is 7.98. The average molecular weight is 309 g/mol. The Kier molecular flexibility index (Phi) is 4.81. The molecule has 122 valence electrons. The molecule has 0 spiro atoms. The van der Waals surface area contributed by atoms with Crippen molar-refractivity contribution in [1.29, 1.82) is 0 Å². The number of aromatic hydroxyl groups is 1. The average Bonchev–Trinajstić information content (AvgIpc) is 2.57. The Bertz CT molecular complexity index is 496. The van der Waals surface area contributed by atoms with Crippen molar-refractivity contribution in [2.75, 3.05) is 45.1 Å². The van der Waals surface area contributed by atoms with Gasteiger partial charge in [-0.05, 0) is 24.8 Å². The Morgan fingerprint density at radius 3 is 2.64 bits per heavy atom. The second-order valence-corrected chi connectivity index (χ2v) is 6.08. The lowest BCUT2D eigenvalue weighted by atomic mass is 9.85. The number of nitrogen functional groups attached to an aromatic ring is 1. The van der Waals surface area contributed by atoms with Crippen LogP contribution in [0, 0.1) is 11.7 Å². The lowest BCUT2D eigenvalue weighted by Crippen LogP contribution is -2.47. The monoisotopic (exact) mass is 309 g/mol. The minimum absolute atomic E-state index is 0.0638. The fourth-order valence-electron chi connectivity index (χ4n) is 3.58. The van der Waals surface area contributed by atoms with Crippen LogP contribution < -0.4 is 11.1 Å².